The van der Waals surface area contributed by atoms with E-state index in [0.717, 1.165) is 19.3 Å². The van der Waals surface area contributed by atoms with E-state index in [0.29, 0.717) is 19.4 Å². The molecule has 100 valence electrons. The summed E-state index contributed by atoms with van der Waals surface area (Å²) in [6.07, 6.45) is 3.11. The molecule has 1 rings (SSSR count). The fraction of sp³-hybridized carbons (Fsp3) is 0.923. The standard InChI is InChI=1S/C13H24FNO2/c1-13(2,3)17-12(16)8-9-15-11-7-5-4-6-10(11)14/h10-11,15H,4-9H2,1-3H3/t10-,11-/m1/s1. The van der Waals surface area contributed by atoms with E-state index in [-0.39, 0.29) is 12.0 Å². The molecule has 1 saturated carbocycles. The monoisotopic (exact) mass is 245 g/mol. The normalized spacial score (nSPS) is 25.6. The molecule has 3 nitrogen and oxygen atoms in total. The minimum Gasteiger partial charge on any atom is -0.460 e. The maximum absolute atomic E-state index is 13.5. The number of halogens is 1. The predicted octanol–water partition coefficient (Wildman–Crippen LogP) is 2.59. The van der Waals surface area contributed by atoms with Crippen LogP contribution in [-0.4, -0.2) is 30.3 Å². The number of carbonyl (C=O) groups excluding carboxylic acids is 1. The van der Waals surface area contributed by atoms with Crippen molar-refractivity contribution < 1.29 is 13.9 Å². The summed E-state index contributed by atoms with van der Waals surface area (Å²) in [5.74, 6) is -0.226. The first-order valence-corrected chi connectivity index (χ1v) is 6.48. The van der Waals surface area contributed by atoms with Gasteiger partial charge in [0, 0.05) is 12.6 Å². The minimum absolute atomic E-state index is 0.0776. The van der Waals surface area contributed by atoms with Gasteiger partial charge in [-0.3, -0.25) is 4.79 Å². The summed E-state index contributed by atoms with van der Waals surface area (Å²) in [5.41, 5.74) is -0.440. The Balaban J connectivity index is 2.16. The lowest BCUT2D eigenvalue weighted by molar-refractivity contribution is -0.154. The van der Waals surface area contributed by atoms with E-state index in [1.54, 1.807) is 0 Å². The Morgan fingerprint density at radius 2 is 2.00 bits per heavy atom. The van der Waals surface area contributed by atoms with Crippen molar-refractivity contribution in [1.29, 1.82) is 0 Å². The molecular formula is C13H24FNO2. The lowest BCUT2D eigenvalue weighted by Gasteiger charge is -2.27. The number of hydrogen-bond acceptors (Lipinski definition) is 3. The largest absolute Gasteiger partial charge is 0.460 e. The highest BCUT2D eigenvalue weighted by molar-refractivity contribution is 5.70. The van der Waals surface area contributed by atoms with Gasteiger partial charge >= 0.3 is 5.97 Å². The molecule has 1 N–H and O–H groups in total. The van der Waals surface area contributed by atoms with Gasteiger partial charge < -0.3 is 10.1 Å². The number of esters is 1. The van der Waals surface area contributed by atoms with Crippen molar-refractivity contribution in [3.8, 4) is 0 Å². The second-order valence-electron chi connectivity index (χ2n) is 5.70. The Labute approximate surface area is 103 Å². The van der Waals surface area contributed by atoms with E-state index in [9.17, 15) is 9.18 Å². The fourth-order valence-electron chi connectivity index (χ4n) is 2.07. The lowest BCUT2D eigenvalue weighted by Crippen LogP contribution is -2.41. The van der Waals surface area contributed by atoms with E-state index in [2.05, 4.69) is 5.32 Å². The smallest absolute Gasteiger partial charge is 0.307 e. The van der Waals surface area contributed by atoms with Gasteiger partial charge in [-0.2, -0.15) is 0 Å². The van der Waals surface area contributed by atoms with Gasteiger partial charge in [-0.1, -0.05) is 12.8 Å². The molecule has 0 spiro atoms. The molecule has 2 atom stereocenters. The van der Waals surface area contributed by atoms with Gasteiger partial charge in [0.05, 0.1) is 6.42 Å². The first-order valence-electron chi connectivity index (χ1n) is 6.48. The van der Waals surface area contributed by atoms with Crippen LogP contribution in [0.1, 0.15) is 52.9 Å². The van der Waals surface area contributed by atoms with Gasteiger partial charge in [-0.25, -0.2) is 4.39 Å². The third kappa shape index (κ3) is 6.01. The van der Waals surface area contributed by atoms with Crippen molar-refractivity contribution >= 4 is 5.97 Å². The molecule has 0 aromatic rings. The Morgan fingerprint density at radius 1 is 1.35 bits per heavy atom. The molecular weight excluding hydrogens is 221 g/mol. The van der Waals surface area contributed by atoms with E-state index in [4.69, 9.17) is 4.74 Å². The number of alkyl halides is 1. The highest BCUT2D eigenvalue weighted by Gasteiger charge is 2.24. The number of hydrogen-bond donors (Lipinski definition) is 1. The lowest BCUT2D eigenvalue weighted by atomic mass is 9.93. The van der Waals surface area contributed by atoms with Crippen LogP contribution in [0.5, 0.6) is 0 Å². The molecule has 0 radical (unpaired) electrons. The zero-order valence-electron chi connectivity index (χ0n) is 11.1. The van der Waals surface area contributed by atoms with E-state index < -0.39 is 11.8 Å². The summed E-state index contributed by atoms with van der Waals surface area (Å²) in [6, 6.07) is -0.0776. The molecule has 0 heterocycles. The molecule has 0 aliphatic heterocycles. The van der Waals surface area contributed by atoms with Gasteiger partial charge in [-0.05, 0) is 33.6 Å². The molecule has 0 unspecified atom stereocenters. The maximum atomic E-state index is 13.5. The molecule has 1 fully saturated rings. The van der Waals surface area contributed by atoms with Crippen LogP contribution in [0.4, 0.5) is 4.39 Å². The second-order valence-corrected chi connectivity index (χ2v) is 5.70. The van der Waals surface area contributed by atoms with Crippen molar-refractivity contribution in [2.45, 2.75) is 70.7 Å². The SMILES string of the molecule is CC(C)(C)OC(=O)CCN[C@@H]1CCCC[C@H]1F. The molecule has 0 amide bonds. The predicted molar refractivity (Wildman–Crippen MR) is 65.6 cm³/mol. The van der Waals surface area contributed by atoms with Gasteiger partial charge in [0.1, 0.15) is 11.8 Å². The number of carbonyl (C=O) groups is 1. The second kappa shape index (κ2) is 6.34. The van der Waals surface area contributed by atoms with Crippen molar-refractivity contribution in [2.24, 2.45) is 0 Å². The summed E-state index contributed by atoms with van der Waals surface area (Å²) >= 11 is 0. The van der Waals surface area contributed by atoms with Crippen molar-refractivity contribution in [2.75, 3.05) is 6.54 Å². The van der Waals surface area contributed by atoms with Crippen LogP contribution >= 0.6 is 0 Å². The summed E-state index contributed by atoms with van der Waals surface area (Å²) < 4.78 is 18.6. The van der Waals surface area contributed by atoms with Crippen molar-refractivity contribution in [3.63, 3.8) is 0 Å². The molecule has 0 saturated heterocycles. The van der Waals surface area contributed by atoms with E-state index in [1.807, 2.05) is 20.8 Å². The average molecular weight is 245 g/mol. The number of rotatable bonds is 4. The topological polar surface area (TPSA) is 38.3 Å². The van der Waals surface area contributed by atoms with Crippen LogP contribution in [0.15, 0.2) is 0 Å². The van der Waals surface area contributed by atoms with Gasteiger partial charge in [0.25, 0.3) is 0 Å². The van der Waals surface area contributed by atoms with Crippen molar-refractivity contribution in [3.05, 3.63) is 0 Å². The number of ether oxygens (including phenoxy) is 1. The Hall–Kier alpha value is -0.640. The molecule has 1 aliphatic carbocycles. The van der Waals surface area contributed by atoms with E-state index in [1.165, 1.54) is 0 Å². The van der Waals surface area contributed by atoms with Crippen LogP contribution in [0.25, 0.3) is 0 Å². The van der Waals surface area contributed by atoms with Gasteiger partial charge in [-0.15, -0.1) is 0 Å². The molecule has 0 aromatic carbocycles. The summed E-state index contributed by atoms with van der Waals surface area (Å²) in [6.45, 7) is 6.03. The van der Waals surface area contributed by atoms with Crippen molar-refractivity contribution in [1.82, 2.24) is 5.32 Å². The third-order valence-electron chi connectivity index (χ3n) is 2.84. The first kappa shape index (κ1) is 14.4. The quantitative estimate of drug-likeness (QED) is 0.774. The molecule has 1 aliphatic rings. The fourth-order valence-corrected chi connectivity index (χ4v) is 2.07. The van der Waals surface area contributed by atoms with Gasteiger partial charge in [0.15, 0.2) is 0 Å². The van der Waals surface area contributed by atoms with Crippen LogP contribution in [0.3, 0.4) is 0 Å². The highest BCUT2D eigenvalue weighted by atomic mass is 19.1. The molecule has 4 heteroatoms. The van der Waals surface area contributed by atoms with Crippen LogP contribution in [-0.2, 0) is 9.53 Å². The minimum atomic E-state index is -0.762. The summed E-state index contributed by atoms with van der Waals surface area (Å²) in [4.78, 5) is 11.4. The molecule has 0 aromatic heterocycles. The summed E-state index contributed by atoms with van der Waals surface area (Å²) in [7, 11) is 0. The first-order chi connectivity index (χ1) is 7.88. The van der Waals surface area contributed by atoms with Crippen LogP contribution in [0.2, 0.25) is 0 Å². The van der Waals surface area contributed by atoms with Crippen LogP contribution in [0, 0.1) is 0 Å². The number of nitrogens with one attached hydrogen (secondary N) is 1. The van der Waals surface area contributed by atoms with E-state index >= 15 is 0 Å². The summed E-state index contributed by atoms with van der Waals surface area (Å²) in [5, 5.41) is 3.11. The Morgan fingerprint density at radius 3 is 2.59 bits per heavy atom. The zero-order chi connectivity index (χ0) is 12.9. The van der Waals surface area contributed by atoms with Crippen LogP contribution < -0.4 is 5.32 Å². The average Bonchev–Trinajstić information content (AvgIpc) is 2.18. The Kier molecular flexibility index (Phi) is 5.37. The Bertz CT molecular complexity index is 250. The highest BCUT2D eigenvalue weighted by Crippen LogP contribution is 2.21. The maximum Gasteiger partial charge on any atom is 0.307 e. The zero-order valence-corrected chi connectivity index (χ0v) is 11.1. The molecule has 0 bridgehead atoms. The molecule has 17 heavy (non-hydrogen) atoms. The van der Waals surface area contributed by atoms with Gasteiger partial charge in [0.2, 0.25) is 0 Å². The third-order valence-corrected chi connectivity index (χ3v) is 2.84.